The van der Waals surface area contributed by atoms with E-state index in [1.807, 2.05) is 24.3 Å². The normalized spacial score (nSPS) is 10.9. The van der Waals surface area contributed by atoms with Gasteiger partial charge in [-0.1, -0.05) is 60.3 Å². The Kier molecular flexibility index (Phi) is 9.18. The molecule has 0 aliphatic rings. The number of nitrogens with zero attached hydrogens (tertiary/aromatic N) is 3. The number of anilines is 1. The number of carbonyl (C=O) groups excluding carboxylic acids is 1. The number of hydrogen-bond donors (Lipinski definition) is 1. The summed E-state index contributed by atoms with van der Waals surface area (Å²) < 4.78 is 3.11. The van der Waals surface area contributed by atoms with Gasteiger partial charge in [-0.3, -0.25) is 4.79 Å². The van der Waals surface area contributed by atoms with Crippen molar-refractivity contribution in [1.82, 2.24) is 14.8 Å². The summed E-state index contributed by atoms with van der Waals surface area (Å²) in [6.45, 7) is 5.15. The second-order valence-electron chi connectivity index (χ2n) is 6.15. The second kappa shape index (κ2) is 11.4. The zero-order valence-electron chi connectivity index (χ0n) is 15.5. The van der Waals surface area contributed by atoms with Crippen LogP contribution in [0.3, 0.4) is 0 Å². The van der Waals surface area contributed by atoms with Crippen LogP contribution in [0.4, 0.5) is 5.69 Å². The van der Waals surface area contributed by atoms with E-state index < -0.39 is 0 Å². The summed E-state index contributed by atoms with van der Waals surface area (Å²) in [5.74, 6) is 1.31. The van der Waals surface area contributed by atoms with Crippen LogP contribution in [0.5, 0.6) is 0 Å². The summed E-state index contributed by atoms with van der Waals surface area (Å²) in [4.78, 5) is 12.1. The van der Waals surface area contributed by atoms with Crippen molar-refractivity contribution >= 4 is 39.3 Å². The van der Waals surface area contributed by atoms with Crippen molar-refractivity contribution in [3.8, 4) is 0 Å². The van der Waals surface area contributed by atoms with Crippen LogP contribution in [0.1, 0.15) is 51.8 Å². The highest BCUT2D eigenvalue weighted by Crippen LogP contribution is 2.19. The molecule has 1 N–H and O–H groups in total. The molecule has 0 atom stereocenters. The van der Waals surface area contributed by atoms with Gasteiger partial charge in [0.05, 0.1) is 5.75 Å². The highest BCUT2D eigenvalue weighted by atomic mass is 79.9. The second-order valence-corrected chi connectivity index (χ2v) is 8.01. The molecule has 1 heterocycles. The Morgan fingerprint density at radius 3 is 2.54 bits per heavy atom. The van der Waals surface area contributed by atoms with E-state index in [2.05, 4.69) is 49.9 Å². The molecule has 142 valence electrons. The van der Waals surface area contributed by atoms with Crippen LogP contribution < -0.4 is 5.32 Å². The van der Waals surface area contributed by atoms with Gasteiger partial charge in [0.25, 0.3) is 0 Å². The molecule has 1 amide bonds. The molecule has 0 saturated carbocycles. The summed E-state index contributed by atoms with van der Waals surface area (Å²) in [7, 11) is 0. The van der Waals surface area contributed by atoms with Crippen LogP contribution in [-0.4, -0.2) is 26.4 Å². The largest absolute Gasteiger partial charge is 0.325 e. The molecule has 0 spiro atoms. The number of aryl methyl sites for hydroxylation is 1. The third-order valence-electron chi connectivity index (χ3n) is 4.07. The lowest BCUT2D eigenvalue weighted by molar-refractivity contribution is -0.113. The zero-order chi connectivity index (χ0) is 18.8. The molecule has 7 heteroatoms. The monoisotopic (exact) mass is 438 g/mol. The van der Waals surface area contributed by atoms with Crippen LogP contribution in [0.15, 0.2) is 33.9 Å². The molecule has 0 saturated heterocycles. The Morgan fingerprint density at radius 1 is 1.12 bits per heavy atom. The molecule has 2 rings (SSSR count). The van der Waals surface area contributed by atoms with E-state index in [9.17, 15) is 4.79 Å². The van der Waals surface area contributed by atoms with Crippen LogP contribution in [0.2, 0.25) is 0 Å². The number of amides is 1. The van der Waals surface area contributed by atoms with Crippen molar-refractivity contribution in [2.75, 3.05) is 11.1 Å². The molecule has 0 aliphatic heterocycles. The van der Waals surface area contributed by atoms with E-state index in [0.29, 0.717) is 5.75 Å². The maximum atomic E-state index is 12.1. The van der Waals surface area contributed by atoms with Gasteiger partial charge in [0.1, 0.15) is 5.82 Å². The first-order valence-electron chi connectivity index (χ1n) is 9.24. The lowest BCUT2D eigenvalue weighted by Gasteiger charge is -2.08. The predicted molar refractivity (Wildman–Crippen MR) is 112 cm³/mol. The minimum absolute atomic E-state index is 0.0379. The number of hydrogen-bond acceptors (Lipinski definition) is 4. The summed E-state index contributed by atoms with van der Waals surface area (Å²) in [5, 5.41) is 12.3. The number of thioether (sulfide) groups is 1. The van der Waals surface area contributed by atoms with E-state index in [1.54, 1.807) is 0 Å². The average molecular weight is 439 g/mol. The maximum absolute atomic E-state index is 12.1. The van der Waals surface area contributed by atoms with E-state index in [1.165, 1.54) is 37.4 Å². The third kappa shape index (κ3) is 6.76. The molecule has 0 bridgehead atoms. The van der Waals surface area contributed by atoms with E-state index >= 15 is 0 Å². The summed E-state index contributed by atoms with van der Waals surface area (Å²) >= 11 is 4.82. The number of aromatic nitrogens is 3. The quantitative estimate of drug-likeness (QED) is 0.381. The van der Waals surface area contributed by atoms with Gasteiger partial charge in [-0.2, -0.15) is 0 Å². The van der Waals surface area contributed by atoms with Gasteiger partial charge in [0.15, 0.2) is 5.16 Å². The number of unbranched alkanes of at least 4 members (excludes halogenated alkanes) is 4. The standard InChI is InChI=1S/C19H27BrN4OS/c1-3-5-6-7-8-9-17-22-23-19(24(17)4-2)26-14-18(25)21-16-12-10-15(20)11-13-16/h10-13H,3-9,14H2,1-2H3,(H,21,25). The van der Waals surface area contributed by atoms with Crippen molar-refractivity contribution in [3.63, 3.8) is 0 Å². The number of benzene rings is 1. The van der Waals surface area contributed by atoms with Gasteiger partial charge in [0.2, 0.25) is 5.91 Å². The number of nitrogens with one attached hydrogen (secondary N) is 1. The summed E-state index contributed by atoms with van der Waals surface area (Å²) in [6, 6.07) is 7.56. The first kappa shape index (κ1) is 21.0. The smallest absolute Gasteiger partial charge is 0.234 e. The Labute approximate surface area is 168 Å². The van der Waals surface area contributed by atoms with Crippen molar-refractivity contribution in [2.24, 2.45) is 0 Å². The molecular weight excluding hydrogens is 412 g/mol. The molecule has 26 heavy (non-hydrogen) atoms. The zero-order valence-corrected chi connectivity index (χ0v) is 17.9. The van der Waals surface area contributed by atoms with Crippen molar-refractivity contribution in [1.29, 1.82) is 0 Å². The fourth-order valence-corrected chi connectivity index (χ4v) is 3.76. The predicted octanol–water partition coefficient (Wildman–Crippen LogP) is 5.30. The number of carbonyl (C=O) groups is 1. The molecule has 0 radical (unpaired) electrons. The van der Waals surface area contributed by atoms with E-state index in [-0.39, 0.29) is 5.91 Å². The Morgan fingerprint density at radius 2 is 1.85 bits per heavy atom. The maximum Gasteiger partial charge on any atom is 0.234 e. The highest BCUT2D eigenvalue weighted by molar-refractivity contribution is 9.10. The van der Waals surface area contributed by atoms with Gasteiger partial charge in [-0.05, 0) is 37.6 Å². The number of halogens is 1. The van der Waals surface area contributed by atoms with Crippen LogP contribution in [0, 0.1) is 0 Å². The molecule has 0 fully saturated rings. The van der Waals surface area contributed by atoms with Gasteiger partial charge < -0.3 is 9.88 Å². The van der Waals surface area contributed by atoms with Gasteiger partial charge in [0, 0.05) is 23.1 Å². The highest BCUT2D eigenvalue weighted by Gasteiger charge is 2.13. The molecule has 1 aromatic heterocycles. The molecule has 5 nitrogen and oxygen atoms in total. The van der Waals surface area contributed by atoms with Crippen molar-refractivity contribution in [3.05, 3.63) is 34.6 Å². The van der Waals surface area contributed by atoms with Gasteiger partial charge in [-0.25, -0.2) is 0 Å². The first-order valence-corrected chi connectivity index (χ1v) is 11.0. The topological polar surface area (TPSA) is 59.8 Å². The molecular formula is C19H27BrN4OS. The summed E-state index contributed by atoms with van der Waals surface area (Å²) in [5.41, 5.74) is 0.795. The molecule has 0 unspecified atom stereocenters. The van der Waals surface area contributed by atoms with E-state index in [0.717, 1.165) is 40.5 Å². The van der Waals surface area contributed by atoms with Gasteiger partial charge >= 0.3 is 0 Å². The Bertz CT molecular complexity index is 687. The molecule has 1 aromatic carbocycles. The minimum atomic E-state index is -0.0379. The SMILES string of the molecule is CCCCCCCc1nnc(SCC(=O)Nc2ccc(Br)cc2)n1CC. The molecule has 2 aromatic rings. The van der Waals surface area contributed by atoms with E-state index in [4.69, 9.17) is 0 Å². The van der Waals surface area contributed by atoms with Crippen LogP contribution >= 0.6 is 27.7 Å². The Hall–Kier alpha value is -1.34. The van der Waals surface area contributed by atoms with Gasteiger partial charge in [-0.15, -0.1) is 10.2 Å². The first-order chi connectivity index (χ1) is 12.6. The molecule has 0 aliphatic carbocycles. The van der Waals surface area contributed by atoms with Crippen molar-refractivity contribution in [2.45, 2.75) is 64.1 Å². The number of rotatable bonds is 11. The fraction of sp³-hybridized carbons (Fsp3) is 0.526. The average Bonchev–Trinajstić information content (AvgIpc) is 3.03. The minimum Gasteiger partial charge on any atom is -0.325 e. The fourth-order valence-electron chi connectivity index (χ4n) is 2.68. The lowest BCUT2D eigenvalue weighted by Crippen LogP contribution is -2.14. The van der Waals surface area contributed by atoms with Crippen LogP contribution in [0.25, 0.3) is 0 Å². The summed E-state index contributed by atoms with van der Waals surface area (Å²) in [6.07, 6.45) is 7.18. The third-order valence-corrected chi connectivity index (χ3v) is 5.57. The van der Waals surface area contributed by atoms with Crippen molar-refractivity contribution < 1.29 is 4.79 Å². The van der Waals surface area contributed by atoms with Crippen LogP contribution in [-0.2, 0) is 17.8 Å². The Balaban J connectivity index is 1.82. The lowest BCUT2D eigenvalue weighted by atomic mass is 10.1.